The highest BCUT2D eigenvalue weighted by atomic mass is 32.2. The van der Waals surface area contributed by atoms with Crippen LogP contribution in [-0.2, 0) is 16.3 Å². The van der Waals surface area contributed by atoms with E-state index in [1.165, 1.54) is 33.2 Å². The van der Waals surface area contributed by atoms with Crippen molar-refractivity contribution in [1.29, 1.82) is 0 Å². The summed E-state index contributed by atoms with van der Waals surface area (Å²) >= 11 is 0. The number of sulfone groups is 1. The molecule has 1 fully saturated rings. The van der Waals surface area contributed by atoms with Gasteiger partial charge in [0.2, 0.25) is 0 Å². The van der Waals surface area contributed by atoms with Gasteiger partial charge in [0.05, 0.1) is 10.9 Å². The van der Waals surface area contributed by atoms with Crippen LogP contribution >= 0.6 is 0 Å². The molecule has 2 aromatic carbocycles. The van der Waals surface area contributed by atoms with Crippen molar-refractivity contribution in [1.82, 2.24) is 9.47 Å². The molecule has 3 aromatic rings. The second-order valence-electron chi connectivity index (χ2n) is 9.44. The third-order valence-electron chi connectivity index (χ3n) is 6.72. The Labute approximate surface area is 217 Å². The van der Waals surface area contributed by atoms with Crippen molar-refractivity contribution in [2.45, 2.75) is 56.1 Å². The van der Waals surface area contributed by atoms with Crippen LogP contribution in [0.5, 0.6) is 5.75 Å². The maximum atomic E-state index is 12.8. The van der Waals surface area contributed by atoms with Gasteiger partial charge < -0.3 is 14.7 Å². The topological polar surface area (TPSA) is 106 Å². The number of hydrogen-bond acceptors (Lipinski definition) is 5. The molecule has 0 bridgehead atoms. The summed E-state index contributed by atoms with van der Waals surface area (Å²) in [5.41, 5.74) is 2.40. The Bertz CT molecular complexity index is 1400. The van der Waals surface area contributed by atoms with Gasteiger partial charge in [-0.3, -0.25) is 9.36 Å². The van der Waals surface area contributed by atoms with Gasteiger partial charge in [0, 0.05) is 43.6 Å². The minimum atomic E-state index is -3.32. The zero-order chi connectivity index (χ0) is 26.6. The quantitative estimate of drug-likeness (QED) is 0.452. The second kappa shape index (κ2) is 11.2. The SMILES string of the molecule is CCCCc1ccc(C2CC(Oc3ccn(-c4ccc(S(C)(=O)=O)cc4)c(=O)c3)CCN2C(=O)O)cc1. The monoisotopic (exact) mass is 524 g/mol. The van der Waals surface area contributed by atoms with Gasteiger partial charge >= 0.3 is 6.09 Å². The van der Waals surface area contributed by atoms with Crippen LogP contribution < -0.4 is 10.3 Å². The van der Waals surface area contributed by atoms with Crippen LogP contribution in [0.2, 0.25) is 0 Å². The van der Waals surface area contributed by atoms with Gasteiger partial charge in [0.15, 0.2) is 9.84 Å². The molecule has 0 aliphatic carbocycles. The van der Waals surface area contributed by atoms with Gasteiger partial charge in [0.25, 0.3) is 5.56 Å². The summed E-state index contributed by atoms with van der Waals surface area (Å²) in [5, 5.41) is 9.76. The van der Waals surface area contributed by atoms with Gasteiger partial charge in [-0.2, -0.15) is 0 Å². The fraction of sp³-hybridized carbons (Fsp3) is 0.357. The molecule has 1 amide bonds. The molecule has 1 aromatic heterocycles. The van der Waals surface area contributed by atoms with E-state index in [4.69, 9.17) is 4.74 Å². The Morgan fingerprint density at radius 3 is 2.38 bits per heavy atom. The maximum absolute atomic E-state index is 12.8. The van der Waals surface area contributed by atoms with Gasteiger partial charge in [-0.25, -0.2) is 13.2 Å². The highest BCUT2D eigenvalue weighted by Gasteiger charge is 2.33. The molecule has 196 valence electrons. The predicted molar refractivity (Wildman–Crippen MR) is 141 cm³/mol. The first-order valence-corrected chi connectivity index (χ1v) is 14.3. The lowest BCUT2D eigenvalue weighted by Gasteiger charge is -2.38. The molecule has 2 unspecified atom stereocenters. The average molecular weight is 525 g/mol. The van der Waals surface area contributed by atoms with E-state index in [0.717, 1.165) is 31.1 Å². The van der Waals surface area contributed by atoms with E-state index < -0.39 is 15.9 Å². The number of benzene rings is 2. The van der Waals surface area contributed by atoms with Crippen LogP contribution in [0.4, 0.5) is 4.79 Å². The molecular weight excluding hydrogens is 492 g/mol. The lowest BCUT2D eigenvalue weighted by atomic mass is 9.92. The number of piperidine rings is 1. The van der Waals surface area contributed by atoms with E-state index in [-0.39, 0.29) is 22.6 Å². The Morgan fingerprint density at radius 2 is 1.78 bits per heavy atom. The van der Waals surface area contributed by atoms with Crippen molar-refractivity contribution in [3.63, 3.8) is 0 Å². The predicted octanol–water partition coefficient (Wildman–Crippen LogP) is 4.85. The zero-order valence-electron chi connectivity index (χ0n) is 21.0. The Balaban J connectivity index is 1.48. The molecule has 0 saturated carbocycles. The summed E-state index contributed by atoms with van der Waals surface area (Å²) in [6.07, 6.45) is 5.77. The number of aromatic nitrogens is 1. The van der Waals surface area contributed by atoms with Crippen molar-refractivity contribution in [3.8, 4) is 11.4 Å². The number of rotatable bonds is 8. The summed E-state index contributed by atoms with van der Waals surface area (Å²) in [6.45, 7) is 2.49. The van der Waals surface area contributed by atoms with E-state index in [9.17, 15) is 23.1 Å². The van der Waals surface area contributed by atoms with E-state index in [1.54, 1.807) is 24.4 Å². The van der Waals surface area contributed by atoms with E-state index in [1.807, 2.05) is 12.1 Å². The van der Waals surface area contributed by atoms with Crippen molar-refractivity contribution >= 4 is 15.9 Å². The number of hydrogen-bond donors (Lipinski definition) is 1. The van der Waals surface area contributed by atoms with Crippen LogP contribution in [0.15, 0.2) is 76.6 Å². The normalized spacial score (nSPS) is 17.9. The van der Waals surface area contributed by atoms with Gasteiger partial charge in [0.1, 0.15) is 11.9 Å². The molecule has 2 heterocycles. The number of pyridine rings is 1. The van der Waals surface area contributed by atoms with Crippen LogP contribution in [0, 0.1) is 0 Å². The first-order chi connectivity index (χ1) is 17.7. The zero-order valence-corrected chi connectivity index (χ0v) is 21.9. The molecule has 0 radical (unpaired) electrons. The van der Waals surface area contributed by atoms with E-state index in [0.29, 0.717) is 30.8 Å². The van der Waals surface area contributed by atoms with E-state index >= 15 is 0 Å². The molecule has 2 atom stereocenters. The fourth-order valence-corrected chi connectivity index (χ4v) is 5.30. The van der Waals surface area contributed by atoms with Crippen molar-refractivity contribution in [2.75, 3.05) is 12.8 Å². The average Bonchev–Trinajstić information content (AvgIpc) is 2.87. The standard InChI is InChI=1S/C28H32N2O6S/c1-3-4-5-20-6-8-21(9-7-20)26-18-23(15-17-30(26)28(32)33)36-24-14-16-29(27(31)19-24)22-10-12-25(13-11-22)37(2,34)35/h6-14,16,19,23,26H,3-5,15,17-18H2,1-2H3,(H,32,33). The molecular formula is C28H32N2O6S. The minimum Gasteiger partial charge on any atom is -0.490 e. The Kier molecular flexibility index (Phi) is 8.02. The lowest BCUT2D eigenvalue weighted by Crippen LogP contribution is -2.43. The number of amides is 1. The van der Waals surface area contributed by atoms with Crippen molar-refractivity contribution in [2.24, 2.45) is 0 Å². The Hall–Kier alpha value is -3.59. The lowest BCUT2D eigenvalue weighted by molar-refractivity contribution is 0.0538. The second-order valence-corrected chi connectivity index (χ2v) is 11.5. The molecule has 9 heteroatoms. The van der Waals surface area contributed by atoms with Gasteiger partial charge in [-0.1, -0.05) is 37.6 Å². The number of carboxylic acid groups (broad SMARTS) is 1. The summed E-state index contributed by atoms with van der Waals surface area (Å²) in [4.78, 5) is 26.3. The number of aryl methyl sites for hydroxylation is 1. The van der Waals surface area contributed by atoms with E-state index in [2.05, 4.69) is 19.1 Å². The molecule has 4 rings (SSSR count). The summed E-state index contributed by atoms with van der Waals surface area (Å²) < 4.78 is 30.9. The minimum absolute atomic E-state index is 0.183. The third kappa shape index (κ3) is 6.40. The van der Waals surface area contributed by atoms with Crippen LogP contribution in [-0.4, -0.2) is 48.0 Å². The van der Waals surface area contributed by atoms with Crippen molar-refractivity contribution < 1.29 is 23.1 Å². The molecule has 0 spiro atoms. The number of nitrogens with zero attached hydrogens (tertiary/aromatic N) is 2. The molecule has 1 aliphatic heterocycles. The maximum Gasteiger partial charge on any atom is 0.407 e. The number of unbranched alkanes of at least 4 members (excludes halogenated alkanes) is 1. The molecule has 37 heavy (non-hydrogen) atoms. The number of ether oxygens (including phenoxy) is 1. The highest BCUT2D eigenvalue weighted by Crippen LogP contribution is 2.33. The van der Waals surface area contributed by atoms with Crippen LogP contribution in [0.25, 0.3) is 5.69 Å². The molecule has 1 aliphatic rings. The van der Waals surface area contributed by atoms with Crippen LogP contribution in [0.1, 0.15) is 49.8 Å². The Morgan fingerprint density at radius 1 is 1.08 bits per heavy atom. The molecule has 8 nitrogen and oxygen atoms in total. The summed E-state index contributed by atoms with van der Waals surface area (Å²) in [6, 6.07) is 17.0. The number of likely N-dealkylation sites (tertiary alicyclic amines) is 1. The first kappa shape index (κ1) is 26.5. The summed E-state index contributed by atoms with van der Waals surface area (Å²) in [7, 11) is -3.32. The van der Waals surface area contributed by atoms with Gasteiger partial charge in [-0.15, -0.1) is 0 Å². The largest absolute Gasteiger partial charge is 0.490 e. The third-order valence-corrected chi connectivity index (χ3v) is 7.85. The van der Waals surface area contributed by atoms with Crippen LogP contribution in [0.3, 0.4) is 0 Å². The molecule has 1 N–H and O–H groups in total. The smallest absolute Gasteiger partial charge is 0.407 e. The fourth-order valence-electron chi connectivity index (χ4n) is 4.67. The number of carbonyl (C=O) groups is 1. The molecule has 1 saturated heterocycles. The van der Waals surface area contributed by atoms with Crippen molar-refractivity contribution in [3.05, 3.63) is 88.3 Å². The summed E-state index contributed by atoms with van der Waals surface area (Å²) in [5.74, 6) is 0.413. The first-order valence-electron chi connectivity index (χ1n) is 12.4. The van der Waals surface area contributed by atoms with Gasteiger partial charge in [-0.05, 0) is 54.3 Å². The highest BCUT2D eigenvalue weighted by molar-refractivity contribution is 7.90.